The fourth-order valence-corrected chi connectivity index (χ4v) is 3.05. The molecule has 1 aromatic heterocycles. The third-order valence-corrected chi connectivity index (χ3v) is 4.28. The van der Waals surface area contributed by atoms with Crippen molar-refractivity contribution in [1.82, 2.24) is 0 Å². The number of hydrogen-bond donors (Lipinski definition) is 0. The lowest BCUT2D eigenvalue weighted by Gasteiger charge is -2.27. The fourth-order valence-electron chi connectivity index (χ4n) is 3.05. The number of rotatable bonds is 6. The summed E-state index contributed by atoms with van der Waals surface area (Å²) < 4.78 is 6.04. The summed E-state index contributed by atoms with van der Waals surface area (Å²) in [6.45, 7) is 7.31. The zero-order valence-corrected chi connectivity index (χ0v) is 15.1. The Morgan fingerprint density at radius 1 is 0.960 bits per heavy atom. The maximum atomic E-state index is 6.04. The summed E-state index contributed by atoms with van der Waals surface area (Å²) in [5.41, 5.74) is 3.31. The minimum absolute atomic E-state index is 0.428. The number of fused-ring (bicyclic) bond motifs is 1. The van der Waals surface area contributed by atoms with E-state index in [4.69, 9.17) is 4.42 Å². The van der Waals surface area contributed by atoms with E-state index in [9.17, 15) is 0 Å². The molecule has 25 heavy (non-hydrogen) atoms. The molecule has 2 aromatic carbocycles. The standard InChI is InChI=1S/C23H25NO/c1-4-11-20-21-14-8-9-15-22(21)25-23(20)16-10-17-24(18(2)3)19-12-6-5-7-13-19/h4-16,18H,17H2,1-3H3/b11-4-,16-10-. The average molecular weight is 331 g/mol. The van der Waals surface area contributed by atoms with Crippen LogP contribution in [0.1, 0.15) is 32.1 Å². The first-order chi connectivity index (χ1) is 12.2. The van der Waals surface area contributed by atoms with E-state index in [1.54, 1.807) is 0 Å². The molecule has 0 unspecified atom stereocenters. The van der Waals surface area contributed by atoms with Crippen molar-refractivity contribution in [2.24, 2.45) is 0 Å². The molecule has 0 saturated carbocycles. The first-order valence-corrected chi connectivity index (χ1v) is 8.83. The number of nitrogens with zero attached hydrogens (tertiary/aromatic N) is 1. The molecule has 0 fully saturated rings. The van der Waals surface area contributed by atoms with E-state index in [1.807, 2.05) is 25.1 Å². The molecule has 0 bridgehead atoms. The highest BCUT2D eigenvalue weighted by molar-refractivity contribution is 5.90. The lowest BCUT2D eigenvalue weighted by molar-refractivity contribution is 0.603. The van der Waals surface area contributed by atoms with Crippen LogP contribution in [0.4, 0.5) is 5.69 Å². The quantitative estimate of drug-likeness (QED) is 0.520. The predicted molar refractivity (Wildman–Crippen MR) is 109 cm³/mol. The Hall–Kier alpha value is -2.74. The number of furan rings is 1. The lowest BCUT2D eigenvalue weighted by Crippen LogP contribution is -2.30. The minimum Gasteiger partial charge on any atom is -0.456 e. The Labute approximate surface area is 150 Å². The molecule has 0 saturated heterocycles. The van der Waals surface area contributed by atoms with Crippen molar-refractivity contribution in [3.05, 3.63) is 78.1 Å². The molecular weight excluding hydrogens is 306 g/mol. The van der Waals surface area contributed by atoms with E-state index in [2.05, 4.69) is 79.4 Å². The number of anilines is 1. The predicted octanol–water partition coefficient (Wildman–Crippen LogP) is 6.39. The van der Waals surface area contributed by atoms with Crippen LogP contribution < -0.4 is 4.90 Å². The van der Waals surface area contributed by atoms with E-state index in [1.165, 1.54) is 5.69 Å². The van der Waals surface area contributed by atoms with Gasteiger partial charge in [0.25, 0.3) is 0 Å². The van der Waals surface area contributed by atoms with Crippen LogP contribution in [-0.2, 0) is 0 Å². The highest BCUT2D eigenvalue weighted by Crippen LogP contribution is 2.28. The zero-order chi connectivity index (χ0) is 17.6. The van der Waals surface area contributed by atoms with Gasteiger partial charge in [-0.15, -0.1) is 0 Å². The van der Waals surface area contributed by atoms with Gasteiger partial charge in [0.1, 0.15) is 11.3 Å². The third-order valence-electron chi connectivity index (χ3n) is 4.28. The van der Waals surface area contributed by atoms with Crippen LogP contribution >= 0.6 is 0 Å². The highest BCUT2D eigenvalue weighted by atomic mass is 16.3. The molecule has 0 atom stereocenters. The van der Waals surface area contributed by atoms with E-state index in [0.717, 1.165) is 28.8 Å². The van der Waals surface area contributed by atoms with Crippen molar-refractivity contribution in [3.8, 4) is 0 Å². The molecule has 2 nitrogen and oxygen atoms in total. The van der Waals surface area contributed by atoms with Crippen molar-refractivity contribution in [2.45, 2.75) is 26.8 Å². The third kappa shape index (κ3) is 3.85. The SMILES string of the molecule is C/C=C\c1c(/C=C\CN(c2ccccc2)C(C)C)oc2ccccc12. The van der Waals surface area contributed by atoms with Gasteiger partial charge < -0.3 is 9.32 Å². The van der Waals surface area contributed by atoms with Crippen molar-refractivity contribution < 1.29 is 4.42 Å². The van der Waals surface area contributed by atoms with Gasteiger partial charge in [-0.1, -0.05) is 54.6 Å². The Balaban J connectivity index is 1.86. The van der Waals surface area contributed by atoms with Gasteiger partial charge in [0.15, 0.2) is 0 Å². The molecule has 0 amide bonds. The Bertz CT molecular complexity index is 872. The van der Waals surface area contributed by atoms with E-state index >= 15 is 0 Å². The van der Waals surface area contributed by atoms with Crippen LogP contribution in [0.15, 0.2) is 71.2 Å². The van der Waals surface area contributed by atoms with Gasteiger partial charge in [0.2, 0.25) is 0 Å². The lowest BCUT2D eigenvalue weighted by atomic mass is 10.1. The summed E-state index contributed by atoms with van der Waals surface area (Å²) in [6, 6.07) is 19.1. The van der Waals surface area contributed by atoms with Gasteiger partial charge in [0.05, 0.1) is 0 Å². The molecule has 0 aliphatic heterocycles. The van der Waals surface area contributed by atoms with Gasteiger partial charge in [-0.3, -0.25) is 0 Å². The first-order valence-electron chi connectivity index (χ1n) is 8.83. The molecule has 0 radical (unpaired) electrons. The zero-order valence-electron chi connectivity index (χ0n) is 15.1. The molecule has 0 aliphatic carbocycles. The fraction of sp³-hybridized carbons (Fsp3) is 0.217. The second kappa shape index (κ2) is 7.89. The van der Waals surface area contributed by atoms with Crippen molar-refractivity contribution in [2.75, 3.05) is 11.4 Å². The van der Waals surface area contributed by atoms with Crippen LogP contribution in [0.3, 0.4) is 0 Å². The molecule has 2 heteroatoms. The van der Waals surface area contributed by atoms with E-state index in [0.29, 0.717) is 6.04 Å². The second-order valence-corrected chi connectivity index (χ2v) is 6.36. The Kier molecular flexibility index (Phi) is 5.39. The maximum Gasteiger partial charge on any atom is 0.135 e. The maximum absolute atomic E-state index is 6.04. The van der Waals surface area contributed by atoms with Gasteiger partial charge >= 0.3 is 0 Å². The smallest absolute Gasteiger partial charge is 0.135 e. The highest BCUT2D eigenvalue weighted by Gasteiger charge is 2.10. The van der Waals surface area contributed by atoms with Gasteiger partial charge in [-0.05, 0) is 45.0 Å². The Morgan fingerprint density at radius 2 is 1.68 bits per heavy atom. The normalized spacial score (nSPS) is 12.0. The second-order valence-electron chi connectivity index (χ2n) is 6.36. The molecule has 0 aliphatic rings. The molecule has 1 heterocycles. The largest absolute Gasteiger partial charge is 0.456 e. The topological polar surface area (TPSA) is 16.4 Å². The minimum atomic E-state index is 0.428. The van der Waals surface area contributed by atoms with Gasteiger partial charge in [0, 0.05) is 29.2 Å². The number of benzene rings is 2. The van der Waals surface area contributed by atoms with Crippen LogP contribution in [0.25, 0.3) is 23.1 Å². The van der Waals surface area contributed by atoms with E-state index < -0.39 is 0 Å². The molecule has 3 aromatic rings. The monoisotopic (exact) mass is 331 g/mol. The molecular formula is C23H25NO. The Morgan fingerprint density at radius 3 is 2.40 bits per heavy atom. The van der Waals surface area contributed by atoms with Crippen LogP contribution in [0.2, 0.25) is 0 Å². The van der Waals surface area contributed by atoms with Gasteiger partial charge in [-0.2, -0.15) is 0 Å². The molecule has 3 rings (SSSR count). The van der Waals surface area contributed by atoms with Crippen LogP contribution in [-0.4, -0.2) is 12.6 Å². The number of hydrogen-bond acceptors (Lipinski definition) is 2. The molecule has 0 spiro atoms. The summed E-state index contributed by atoms with van der Waals surface area (Å²) >= 11 is 0. The average Bonchev–Trinajstić information content (AvgIpc) is 2.97. The van der Waals surface area contributed by atoms with Crippen molar-refractivity contribution in [1.29, 1.82) is 0 Å². The number of allylic oxidation sites excluding steroid dienone is 1. The summed E-state index contributed by atoms with van der Waals surface area (Å²) in [5, 5.41) is 1.16. The summed E-state index contributed by atoms with van der Waals surface area (Å²) in [7, 11) is 0. The van der Waals surface area contributed by atoms with Gasteiger partial charge in [-0.25, -0.2) is 0 Å². The molecule has 0 N–H and O–H groups in total. The number of para-hydroxylation sites is 2. The molecule has 128 valence electrons. The van der Waals surface area contributed by atoms with Crippen molar-refractivity contribution in [3.63, 3.8) is 0 Å². The summed E-state index contributed by atoms with van der Waals surface area (Å²) in [6.07, 6.45) is 8.44. The summed E-state index contributed by atoms with van der Waals surface area (Å²) in [4.78, 5) is 2.37. The van der Waals surface area contributed by atoms with E-state index in [-0.39, 0.29) is 0 Å². The first kappa shape index (κ1) is 17.1. The van der Waals surface area contributed by atoms with Crippen molar-refractivity contribution >= 4 is 28.8 Å². The van der Waals surface area contributed by atoms with Crippen LogP contribution in [0.5, 0.6) is 0 Å². The summed E-state index contributed by atoms with van der Waals surface area (Å²) in [5.74, 6) is 0.913. The van der Waals surface area contributed by atoms with Crippen LogP contribution in [0, 0.1) is 0 Å².